The van der Waals surface area contributed by atoms with Crippen molar-refractivity contribution in [2.45, 2.75) is 39.2 Å². The summed E-state index contributed by atoms with van der Waals surface area (Å²) in [5.41, 5.74) is 3.12. The van der Waals surface area contributed by atoms with Crippen LogP contribution in [0.2, 0.25) is 0 Å². The fraction of sp³-hybridized carbons (Fsp3) is 0.435. The van der Waals surface area contributed by atoms with Crippen LogP contribution in [0.25, 0.3) is 0 Å². The van der Waals surface area contributed by atoms with E-state index in [0.717, 1.165) is 19.5 Å². The molecule has 4 heteroatoms. The Kier molecular flexibility index (Phi) is 6.88. The van der Waals surface area contributed by atoms with E-state index in [-0.39, 0.29) is 11.9 Å². The number of carbonyl (C=O) groups excluding carboxylic acids is 1. The smallest absolute Gasteiger partial charge is 0.255 e. The van der Waals surface area contributed by atoms with E-state index in [9.17, 15) is 4.79 Å². The highest BCUT2D eigenvalue weighted by Crippen LogP contribution is 2.25. The predicted molar refractivity (Wildman–Crippen MR) is 109 cm³/mol. The Labute approximate surface area is 162 Å². The van der Waals surface area contributed by atoms with Crippen LogP contribution in [0.4, 0.5) is 0 Å². The van der Waals surface area contributed by atoms with E-state index in [4.69, 9.17) is 4.74 Å². The molecule has 1 saturated heterocycles. The zero-order valence-corrected chi connectivity index (χ0v) is 16.4. The number of para-hydroxylation sites is 1. The first-order valence-electron chi connectivity index (χ1n) is 9.99. The highest BCUT2D eigenvalue weighted by Gasteiger charge is 2.24. The summed E-state index contributed by atoms with van der Waals surface area (Å²) < 4.78 is 5.74. The first-order valence-corrected chi connectivity index (χ1v) is 9.99. The van der Waals surface area contributed by atoms with Crippen LogP contribution in [0.3, 0.4) is 0 Å². The van der Waals surface area contributed by atoms with Crippen molar-refractivity contribution in [3.63, 3.8) is 0 Å². The molecule has 1 fully saturated rings. The minimum Gasteiger partial charge on any atom is -0.493 e. The third-order valence-electron chi connectivity index (χ3n) is 5.09. The number of likely N-dealkylation sites (tertiary alicyclic amines) is 1. The number of aryl methyl sites for hydroxylation is 1. The second-order valence-corrected chi connectivity index (χ2v) is 7.22. The van der Waals surface area contributed by atoms with Crippen LogP contribution in [-0.2, 0) is 0 Å². The Morgan fingerprint density at radius 1 is 1.11 bits per heavy atom. The Morgan fingerprint density at radius 3 is 2.52 bits per heavy atom. The number of benzene rings is 2. The van der Waals surface area contributed by atoms with Gasteiger partial charge in [-0.1, -0.05) is 48.9 Å². The molecule has 1 atom stereocenters. The lowest BCUT2D eigenvalue weighted by molar-refractivity contribution is 0.0934. The van der Waals surface area contributed by atoms with Crippen molar-refractivity contribution in [3.8, 4) is 5.75 Å². The average Bonchev–Trinajstić information content (AvgIpc) is 3.22. The summed E-state index contributed by atoms with van der Waals surface area (Å²) >= 11 is 0. The molecule has 0 aromatic heterocycles. The van der Waals surface area contributed by atoms with Gasteiger partial charge in [-0.2, -0.15) is 0 Å². The van der Waals surface area contributed by atoms with Gasteiger partial charge in [0.15, 0.2) is 0 Å². The molecule has 1 unspecified atom stereocenters. The van der Waals surface area contributed by atoms with E-state index in [2.05, 4.69) is 48.3 Å². The maximum Gasteiger partial charge on any atom is 0.255 e. The number of ether oxygens (including phenoxy) is 1. The van der Waals surface area contributed by atoms with E-state index in [0.29, 0.717) is 24.5 Å². The molecule has 1 aliphatic rings. The fourth-order valence-electron chi connectivity index (χ4n) is 3.58. The molecule has 4 nitrogen and oxygen atoms in total. The van der Waals surface area contributed by atoms with Crippen molar-refractivity contribution >= 4 is 5.91 Å². The molecule has 0 spiro atoms. The van der Waals surface area contributed by atoms with Crippen molar-refractivity contribution in [3.05, 3.63) is 65.2 Å². The lowest BCUT2D eigenvalue weighted by Crippen LogP contribution is -2.37. The zero-order chi connectivity index (χ0) is 19.1. The summed E-state index contributed by atoms with van der Waals surface area (Å²) in [6, 6.07) is 16.3. The first kappa shape index (κ1) is 19.4. The quantitative estimate of drug-likeness (QED) is 0.755. The number of hydrogen-bond acceptors (Lipinski definition) is 3. The number of rotatable bonds is 8. The Hall–Kier alpha value is -2.33. The van der Waals surface area contributed by atoms with Gasteiger partial charge in [0, 0.05) is 6.54 Å². The molecule has 1 amide bonds. The van der Waals surface area contributed by atoms with Gasteiger partial charge in [0.25, 0.3) is 5.91 Å². The largest absolute Gasteiger partial charge is 0.493 e. The molecule has 0 saturated carbocycles. The average molecular weight is 367 g/mol. The Bertz CT molecular complexity index is 736. The topological polar surface area (TPSA) is 41.6 Å². The van der Waals surface area contributed by atoms with Crippen LogP contribution in [0.15, 0.2) is 48.5 Å². The van der Waals surface area contributed by atoms with Crippen LogP contribution in [0.1, 0.15) is 53.7 Å². The molecule has 0 aliphatic carbocycles. The molecule has 1 aliphatic heterocycles. The molecule has 1 heterocycles. The van der Waals surface area contributed by atoms with Crippen molar-refractivity contribution in [2.24, 2.45) is 0 Å². The van der Waals surface area contributed by atoms with E-state index in [1.54, 1.807) is 0 Å². The van der Waals surface area contributed by atoms with Crippen LogP contribution in [0.5, 0.6) is 5.75 Å². The monoisotopic (exact) mass is 366 g/mol. The fourth-order valence-corrected chi connectivity index (χ4v) is 3.58. The second kappa shape index (κ2) is 9.56. The van der Waals surface area contributed by atoms with Gasteiger partial charge in [0.05, 0.1) is 18.2 Å². The van der Waals surface area contributed by atoms with Gasteiger partial charge in [-0.05, 0) is 57.0 Å². The molecular weight excluding hydrogens is 336 g/mol. The molecule has 3 rings (SSSR count). The SMILES string of the molecule is CCCOc1ccccc1C(=O)NCC(c1ccc(C)cc1)N1CCCC1. The maximum absolute atomic E-state index is 12.8. The van der Waals surface area contributed by atoms with Crippen LogP contribution < -0.4 is 10.1 Å². The molecule has 1 N–H and O–H groups in total. The lowest BCUT2D eigenvalue weighted by atomic mass is 10.0. The van der Waals surface area contributed by atoms with Crippen LogP contribution in [0, 0.1) is 6.92 Å². The number of hydrogen-bond donors (Lipinski definition) is 1. The first-order chi connectivity index (χ1) is 13.2. The van der Waals surface area contributed by atoms with Gasteiger partial charge in [-0.25, -0.2) is 0 Å². The third-order valence-corrected chi connectivity index (χ3v) is 5.09. The van der Waals surface area contributed by atoms with Gasteiger partial charge in [0.1, 0.15) is 5.75 Å². The summed E-state index contributed by atoms with van der Waals surface area (Å²) in [6.45, 7) is 7.55. The number of amides is 1. The van der Waals surface area contributed by atoms with E-state index in [1.165, 1.54) is 24.0 Å². The van der Waals surface area contributed by atoms with E-state index < -0.39 is 0 Å². The van der Waals surface area contributed by atoms with Gasteiger partial charge >= 0.3 is 0 Å². The molecule has 27 heavy (non-hydrogen) atoms. The minimum atomic E-state index is -0.0713. The summed E-state index contributed by atoms with van der Waals surface area (Å²) in [5, 5.41) is 3.15. The van der Waals surface area contributed by atoms with Crippen molar-refractivity contribution in [1.82, 2.24) is 10.2 Å². The number of nitrogens with one attached hydrogen (secondary N) is 1. The zero-order valence-electron chi connectivity index (χ0n) is 16.4. The van der Waals surface area contributed by atoms with Crippen LogP contribution >= 0.6 is 0 Å². The third kappa shape index (κ3) is 5.10. The number of nitrogens with zero attached hydrogens (tertiary/aromatic N) is 1. The highest BCUT2D eigenvalue weighted by molar-refractivity contribution is 5.96. The molecule has 0 radical (unpaired) electrons. The molecule has 0 bridgehead atoms. The standard InChI is InChI=1S/C23H30N2O2/c1-3-16-27-22-9-5-4-8-20(22)23(26)24-17-21(25-14-6-7-15-25)19-12-10-18(2)11-13-19/h4-5,8-13,21H,3,6-7,14-17H2,1-2H3,(H,24,26). The maximum atomic E-state index is 12.8. The van der Waals surface area contributed by atoms with Gasteiger partial charge in [0.2, 0.25) is 0 Å². The van der Waals surface area contributed by atoms with E-state index in [1.807, 2.05) is 24.3 Å². The second-order valence-electron chi connectivity index (χ2n) is 7.22. The Balaban J connectivity index is 1.71. The van der Waals surface area contributed by atoms with Crippen LogP contribution in [-0.4, -0.2) is 37.0 Å². The van der Waals surface area contributed by atoms with Crippen molar-refractivity contribution in [2.75, 3.05) is 26.2 Å². The summed E-state index contributed by atoms with van der Waals surface area (Å²) in [7, 11) is 0. The van der Waals surface area contributed by atoms with Gasteiger partial charge in [-0.15, -0.1) is 0 Å². The van der Waals surface area contributed by atoms with Crippen molar-refractivity contribution in [1.29, 1.82) is 0 Å². The summed E-state index contributed by atoms with van der Waals surface area (Å²) in [4.78, 5) is 15.3. The molecule has 144 valence electrons. The Morgan fingerprint density at radius 2 is 1.81 bits per heavy atom. The highest BCUT2D eigenvalue weighted by atomic mass is 16.5. The van der Waals surface area contributed by atoms with Gasteiger partial charge in [-0.3, -0.25) is 9.69 Å². The normalized spacial score (nSPS) is 15.5. The van der Waals surface area contributed by atoms with Gasteiger partial charge < -0.3 is 10.1 Å². The predicted octanol–water partition coefficient (Wildman–Crippen LogP) is 4.35. The minimum absolute atomic E-state index is 0.0713. The molecule has 2 aromatic rings. The number of carbonyl (C=O) groups is 1. The summed E-state index contributed by atoms with van der Waals surface area (Å²) in [5.74, 6) is 0.586. The molecular formula is C23H30N2O2. The molecule has 2 aromatic carbocycles. The summed E-state index contributed by atoms with van der Waals surface area (Å²) in [6.07, 6.45) is 3.37. The van der Waals surface area contributed by atoms with E-state index >= 15 is 0 Å². The lowest BCUT2D eigenvalue weighted by Gasteiger charge is -2.28. The van der Waals surface area contributed by atoms with Crippen molar-refractivity contribution < 1.29 is 9.53 Å².